The van der Waals surface area contributed by atoms with Crippen LogP contribution in [0.2, 0.25) is 5.02 Å². The van der Waals surface area contributed by atoms with Crippen LogP contribution in [0.3, 0.4) is 0 Å². The molecule has 0 bridgehead atoms. The Labute approximate surface area is 182 Å². The Morgan fingerprint density at radius 3 is 2.57 bits per heavy atom. The van der Waals surface area contributed by atoms with Crippen LogP contribution in [0.4, 0.5) is 0 Å². The van der Waals surface area contributed by atoms with Gasteiger partial charge in [0.15, 0.2) is 0 Å². The van der Waals surface area contributed by atoms with Gasteiger partial charge in [0.1, 0.15) is 18.1 Å². The molecule has 0 spiro atoms. The molecule has 3 rings (SSSR count). The van der Waals surface area contributed by atoms with Crippen LogP contribution in [0, 0.1) is 6.92 Å². The molecule has 1 heterocycles. The van der Waals surface area contributed by atoms with E-state index in [0.29, 0.717) is 29.6 Å². The van der Waals surface area contributed by atoms with Crippen LogP contribution in [0.1, 0.15) is 28.8 Å². The van der Waals surface area contributed by atoms with E-state index in [2.05, 4.69) is 5.32 Å². The summed E-state index contributed by atoms with van der Waals surface area (Å²) in [6, 6.07) is 9.71. The van der Waals surface area contributed by atoms with E-state index in [9.17, 15) is 13.2 Å². The third-order valence-corrected chi connectivity index (χ3v) is 7.22. The van der Waals surface area contributed by atoms with E-state index >= 15 is 0 Å². The Morgan fingerprint density at radius 2 is 1.90 bits per heavy atom. The molecule has 162 valence electrons. The maximum Gasteiger partial charge on any atom is 0.255 e. The molecule has 1 amide bonds. The number of benzene rings is 2. The van der Waals surface area contributed by atoms with Gasteiger partial charge < -0.3 is 14.8 Å². The summed E-state index contributed by atoms with van der Waals surface area (Å²) in [4.78, 5) is 12.7. The number of carbonyl (C=O) groups excluding carboxylic acids is 1. The number of carbonyl (C=O) groups is 1. The molecular formula is C21H25ClN2O5S. The summed E-state index contributed by atoms with van der Waals surface area (Å²) in [5.41, 5.74) is 1.12. The molecule has 2 aromatic carbocycles. The molecule has 1 N–H and O–H groups in total. The molecule has 1 aliphatic rings. The number of amides is 1. The van der Waals surface area contributed by atoms with E-state index in [1.807, 2.05) is 13.0 Å². The second-order valence-electron chi connectivity index (χ2n) is 6.99. The number of nitrogens with zero attached hydrogens (tertiary/aromatic N) is 1. The smallest absolute Gasteiger partial charge is 0.255 e. The van der Waals surface area contributed by atoms with Crippen LogP contribution in [-0.2, 0) is 10.0 Å². The zero-order chi connectivity index (χ0) is 21.7. The van der Waals surface area contributed by atoms with Crippen molar-refractivity contribution in [2.45, 2.75) is 24.7 Å². The minimum Gasteiger partial charge on any atom is -0.496 e. The maximum absolute atomic E-state index is 12.8. The number of nitrogens with one attached hydrogen (secondary N) is 1. The van der Waals surface area contributed by atoms with Crippen LogP contribution < -0.4 is 14.8 Å². The van der Waals surface area contributed by atoms with Crippen molar-refractivity contribution in [1.82, 2.24) is 9.62 Å². The first kappa shape index (κ1) is 22.4. The Hall–Kier alpha value is -2.29. The van der Waals surface area contributed by atoms with Crippen LogP contribution in [0.15, 0.2) is 41.3 Å². The topological polar surface area (TPSA) is 84.9 Å². The van der Waals surface area contributed by atoms with Gasteiger partial charge in [0.05, 0.1) is 24.1 Å². The van der Waals surface area contributed by atoms with Gasteiger partial charge in [0, 0.05) is 18.1 Å². The number of methoxy groups -OCH3 is 1. The molecule has 1 saturated heterocycles. The summed E-state index contributed by atoms with van der Waals surface area (Å²) >= 11 is 6.07. The standard InChI is InChI=1S/C21H25ClN2O5S/c1-15-5-6-16(13-19(15)22)29-12-9-23-21(25)18-14-17(7-8-20(18)28-2)30(26,27)24-10-3-4-11-24/h5-8,13-14H,3-4,9-12H2,1-2H3,(H,23,25). The summed E-state index contributed by atoms with van der Waals surface area (Å²) in [5.74, 6) is 0.478. The van der Waals surface area contributed by atoms with Crippen molar-refractivity contribution in [2.75, 3.05) is 33.4 Å². The summed E-state index contributed by atoms with van der Waals surface area (Å²) in [6.07, 6.45) is 1.68. The highest BCUT2D eigenvalue weighted by atomic mass is 35.5. The number of halogens is 1. The van der Waals surface area contributed by atoms with Gasteiger partial charge in [-0.05, 0) is 55.7 Å². The van der Waals surface area contributed by atoms with Crippen molar-refractivity contribution < 1.29 is 22.7 Å². The zero-order valence-electron chi connectivity index (χ0n) is 17.0. The summed E-state index contributed by atoms with van der Waals surface area (Å²) in [7, 11) is -2.19. The molecule has 0 saturated carbocycles. The molecule has 0 radical (unpaired) electrons. The Kier molecular flexibility index (Phi) is 7.23. The third-order valence-electron chi connectivity index (χ3n) is 4.92. The predicted octanol–water partition coefficient (Wildman–Crippen LogP) is 3.25. The average Bonchev–Trinajstić information content (AvgIpc) is 3.29. The largest absolute Gasteiger partial charge is 0.496 e. The van der Waals surface area contributed by atoms with Gasteiger partial charge in [0.2, 0.25) is 10.0 Å². The van der Waals surface area contributed by atoms with Crippen LogP contribution in [-0.4, -0.2) is 52.0 Å². The molecule has 1 fully saturated rings. The number of ether oxygens (including phenoxy) is 2. The van der Waals surface area contributed by atoms with Crippen molar-refractivity contribution in [3.63, 3.8) is 0 Å². The minimum absolute atomic E-state index is 0.0842. The SMILES string of the molecule is COc1ccc(S(=O)(=O)N2CCCC2)cc1C(=O)NCCOc1ccc(C)c(Cl)c1. The van der Waals surface area contributed by atoms with Crippen LogP contribution >= 0.6 is 11.6 Å². The number of sulfonamides is 1. The van der Waals surface area contributed by atoms with Gasteiger partial charge in [-0.15, -0.1) is 0 Å². The normalized spacial score (nSPS) is 14.5. The molecule has 0 aromatic heterocycles. The van der Waals surface area contributed by atoms with E-state index < -0.39 is 15.9 Å². The number of rotatable bonds is 8. The molecule has 0 unspecified atom stereocenters. The van der Waals surface area contributed by atoms with Gasteiger partial charge in [-0.2, -0.15) is 4.31 Å². The molecule has 30 heavy (non-hydrogen) atoms. The average molecular weight is 453 g/mol. The second-order valence-corrected chi connectivity index (χ2v) is 9.33. The van der Waals surface area contributed by atoms with E-state index in [1.165, 1.54) is 29.6 Å². The summed E-state index contributed by atoms with van der Waals surface area (Å²) < 4.78 is 37.9. The third kappa shape index (κ3) is 5.06. The molecule has 0 aliphatic carbocycles. The second kappa shape index (κ2) is 9.68. The quantitative estimate of drug-likeness (QED) is 0.621. The van der Waals surface area contributed by atoms with Crippen molar-refractivity contribution >= 4 is 27.5 Å². The summed E-state index contributed by atoms with van der Waals surface area (Å²) in [5, 5.41) is 3.34. The molecule has 1 aliphatic heterocycles. The Balaban J connectivity index is 1.66. The highest BCUT2D eigenvalue weighted by molar-refractivity contribution is 7.89. The number of aryl methyl sites for hydroxylation is 1. The van der Waals surface area contributed by atoms with Crippen molar-refractivity contribution in [1.29, 1.82) is 0 Å². The first-order valence-corrected chi connectivity index (χ1v) is 11.5. The van der Waals surface area contributed by atoms with Gasteiger partial charge in [-0.1, -0.05) is 17.7 Å². The lowest BCUT2D eigenvalue weighted by atomic mass is 10.2. The fourth-order valence-electron chi connectivity index (χ4n) is 3.19. The summed E-state index contributed by atoms with van der Waals surface area (Å²) in [6.45, 7) is 3.36. The first-order chi connectivity index (χ1) is 14.3. The van der Waals surface area contributed by atoms with Gasteiger partial charge in [-0.25, -0.2) is 8.42 Å². The van der Waals surface area contributed by atoms with Crippen molar-refractivity contribution in [2.24, 2.45) is 0 Å². The fourth-order valence-corrected chi connectivity index (χ4v) is 4.91. The molecule has 2 aromatic rings. The highest BCUT2D eigenvalue weighted by Gasteiger charge is 2.28. The fraction of sp³-hybridized carbons (Fsp3) is 0.381. The monoisotopic (exact) mass is 452 g/mol. The van der Waals surface area contributed by atoms with Crippen molar-refractivity contribution in [3.8, 4) is 11.5 Å². The van der Waals surface area contributed by atoms with Crippen LogP contribution in [0.5, 0.6) is 11.5 Å². The van der Waals surface area contributed by atoms with Crippen molar-refractivity contribution in [3.05, 3.63) is 52.5 Å². The molecule has 9 heteroatoms. The lowest BCUT2D eigenvalue weighted by molar-refractivity contribution is 0.0943. The Bertz CT molecular complexity index is 1020. The van der Waals surface area contributed by atoms with Gasteiger partial charge >= 0.3 is 0 Å². The van der Waals surface area contributed by atoms with E-state index in [0.717, 1.165) is 18.4 Å². The first-order valence-electron chi connectivity index (χ1n) is 9.68. The van der Waals surface area contributed by atoms with E-state index in [4.69, 9.17) is 21.1 Å². The van der Waals surface area contributed by atoms with E-state index in [-0.39, 0.29) is 23.6 Å². The molecule has 7 nitrogen and oxygen atoms in total. The minimum atomic E-state index is -3.63. The molecular weight excluding hydrogens is 428 g/mol. The predicted molar refractivity (Wildman–Crippen MR) is 115 cm³/mol. The lowest BCUT2D eigenvalue weighted by Gasteiger charge is -2.17. The van der Waals surface area contributed by atoms with Crippen LogP contribution in [0.25, 0.3) is 0 Å². The highest BCUT2D eigenvalue weighted by Crippen LogP contribution is 2.26. The van der Waals surface area contributed by atoms with E-state index in [1.54, 1.807) is 12.1 Å². The number of hydrogen-bond acceptors (Lipinski definition) is 5. The van der Waals surface area contributed by atoms with Gasteiger partial charge in [-0.3, -0.25) is 4.79 Å². The number of hydrogen-bond donors (Lipinski definition) is 1. The maximum atomic E-state index is 12.8. The van der Waals surface area contributed by atoms with Gasteiger partial charge in [0.25, 0.3) is 5.91 Å². The Morgan fingerprint density at radius 1 is 1.17 bits per heavy atom. The lowest BCUT2D eigenvalue weighted by Crippen LogP contribution is -2.30. The zero-order valence-corrected chi connectivity index (χ0v) is 18.6. The molecule has 0 atom stereocenters.